The van der Waals surface area contributed by atoms with E-state index in [0.717, 1.165) is 0 Å². The SMILES string of the molecule is CC1(C)OC1C(C)(C)C(S(=O)(=O)c1ccccc1)S(=O)(=O)c1ccccc1. The van der Waals surface area contributed by atoms with Crippen molar-refractivity contribution in [2.45, 2.75) is 53.8 Å². The first-order valence-electron chi connectivity index (χ1n) is 8.67. The summed E-state index contributed by atoms with van der Waals surface area (Å²) in [5.41, 5.74) is -1.73. The van der Waals surface area contributed by atoms with Gasteiger partial charge in [-0.3, -0.25) is 0 Å². The van der Waals surface area contributed by atoms with Gasteiger partial charge in [-0.05, 0) is 38.1 Å². The molecule has 1 aliphatic heterocycles. The molecule has 0 radical (unpaired) electrons. The molecule has 0 spiro atoms. The third kappa shape index (κ3) is 3.44. The topological polar surface area (TPSA) is 80.8 Å². The molecule has 3 rings (SSSR count). The molecule has 1 heterocycles. The third-order valence-corrected chi connectivity index (χ3v) is 10.7. The molecule has 1 fully saturated rings. The van der Waals surface area contributed by atoms with E-state index >= 15 is 0 Å². The minimum Gasteiger partial charge on any atom is -0.366 e. The third-order valence-electron chi connectivity index (χ3n) is 4.99. The average Bonchev–Trinajstić information content (AvgIpc) is 3.25. The van der Waals surface area contributed by atoms with Gasteiger partial charge in [-0.25, -0.2) is 16.8 Å². The Kier molecular flexibility index (Phi) is 4.77. The second kappa shape index (κ2) is 6.43. The summed E-state index contributed by atoms with van der Waals surface area (Å²) in [7, 11) is -8.38. The van der Waals surface area contributed by atoms with Crippen LogP contribution in [0.1, 0.15) is 27.7 Å². The Bertz CT molecular complexity index is 955. The van der Waals surface area contributed by atoms with Crippen molar-refractivity contribution in [3.63, 3.8) is 0 Å². The van der Waals surface area contributed by atoms with Crippen molar-refractivity contribution in [3.05, 3.63) is 60.7 Å². The highest BCUT2D eigenvalue weighted by atomic mass is 32.3. The summed E-state index contributed by atoms with van der Waals surface area (Å²) in [6, 6.07) is 15.4. The number of rotatable bonds is 6. The van der Waals surface area contributed by atoms with Gasteiger partial charge in [-0.1, -0.05) is 50.2 Å². The Labute approximate surface area is 161 Å². The van der Waals surface area contributed by atoms with Gasteiger partial charge in [-0.15, -0.1) is 0 Å². The Hall–Kier alpha value is -1.70. The van der Waals surface area contributed by atoms with Crippen LogP contribution in [0.4, 0.5) is 0 Å². The highest BCUT2D eigenvalue weighted by Gasteiger charge is 2.64. The van der Waals surface area contributed by atoms with Crippen LogP contribution in [0.3, 0.4) is 0 Å². The monoisotopic (exact) mass is 408 g/mol. The lowest BCUT2D eigenvalue weighted by molar-refractivity contribution is 0.243. The Morgan fingerprint density at radius 2 is 1.15 bits per heavy atom. The first-order chi connectivity index (χ1) is 12.4. The van der Waals surface area contributed by atoms with Crippen LogP contribution in [-0.4, -0.2) is 33.1 Å². The van der Waals surface area contributed by atoms with E-state index in [1.165, 1.54) is 24.3 Å². The molecular weight excluding hydrogens is 384 g/mol. The molecule has 2 aromatic rings. The van der Waals surface area contributed by atoms with Crippen LogP contribution in [0, 0.1) is 5.41 Å². The van der Waals surface area contributed by atoms with E-state index in [4.69, 9.17) is 4.74 Å². The molecule has 0 bridgehead atoms. The summed E-state index contributed by atoms with van der Waals surface area (Å²) in [5, 5.41) is 0. The predicted molar refractivity (Wildman–Crippen MR) is 104 cm³/mol. The molecule has 0 N–H and O–H groups in total. The fourth-order valence-corrected chi connectivity index (χ4v) is 9.29. The largest absolute Gasteiger partial charge is 0.366 e. The number of hydrogen-bond donors (Lipinski definition) is 0. The fraction of sp³-hybridized carbons (Fsp3) is 0.400. The molecule has 5 nitrogen and oxygen atoms in total. The molecular formula is C20H24O5S2. The van der Waals surface area contributed by atoms with E-state index in [1.54, 1.807) is 50.2 Å². The maximum Gasteiger partial charge on any atom is 0.196 e. The molecule has 1 saturated heterocycles. The highest BCUT2D eigenvalue weighted by Crippen LogP contribution is 2.52. The van der Waals surface area contributed by atoms with E-state index in [9.17, 15) is 16.8 Å². The molecule has 146 valence electrons. The van der Waals surface area contributed by atoms with E-state index in [2.05, 4.69) is 0 Å². The van der Waals surface area contributed by atoms with Gasteiger partial charge >= 0.3 is 0 Å². The van der Waals surface area contributed by atoms with Crippen molar-refractivity contribution < 1.29 is 21.6 Å². The van der Waals surface area contributed by atoms with Gasteiger partial charge in [-0.2, -0.15) is 0 Å². The van der Waals surface area contributed by atoms with E-state index < -0.39 is 41.4 Å². The molecule has 1 aliphatic rings. The summed E-state index contributed by atoms with van der Waals surface area (Å²) in [5.74, 6) is 0. The lowest BCUT2D eigenvalue weighted by atomic mass is 9.85. The van der Waals surface area contributed by atoms with Gasteiger partial charge in [0.1, 0.15) is 0 Å². The summed E-state index contributed by atoms with van der Waals surface area (Å²) in [4.78, 5) is -0.0259. The summed E-state index contributed by atoms with van der Waals surface area (Å²) >= 11 is 0. The molecule has 1 unspecified atom stereocenters. The summed E-state index contributed by atoms with van der Waals surface area (Å²) < 4.78 is 58.0. The van der Waals surface area contributed by atoms with Gasteiger partial charge < -0.3 is 4.74 Å². The van der Waals surface area contributed by atoms with Crippen LogP contribution in [0.25, 0.3) is 0 Å². The molecule has 0 aliphatic carbocycles. The maximum absolute atomic E-state index is 13.5. The van der Waals surface area contributed by atoms with Crippen LogP contribution in [0.5, 0.6) is 0 Å². The van der Waals surface area contributed by atoms with E-state index in [-0.39, 0.29) is 9.79 Å². The van der Waals surface area contributed by atoms with Crippen molar-refractivity contribution in [1.82, 2.24) is 0 Å². The molecule has 0 amide bonds. The molecule has 1 atom stereocenters. The second-order valence-corrected chi connectivity index (χ2v) is 12.3. The zero-order valence-electron chi connectivity index (χ0n) is 15.8. The number of sulfone groups is 2. The first kappa shape index (κ1) is 20.0. The van der Waals surface area contributed by atoms with Crippen molar-refractivity contribution in [3.8, 4) is 0 Å². The van der Waals surface area contributed by atoms with E-state index in [0.29, 0.717) is 0 Å². The van der Waals surface area contributed by atoms with Crippen LogP contribution < -0.4 is 0 Å². The maximum atomic E-state index is 13.5. The molecule has 0 saturated carbocycles. The number of benzene rings is 2. The van der Waals surface area contributed by atoms with Gasteiger partial charge in [0, 0.05) is 5.41 Å². The Morgan fingerprint density at radius 3 is 1.44 bits per heavy atom. The van der Waals surface area contributed by atoms with Gasteiger partial charge in [0.25, 0.3) is 0 Å². The van der Waals surface area contributed by atoms with Gasteiger partial charge in [0.05, 0.1) is 21.5 Å². The highest BCUT2D eigenvalue weighted by molar-refractivity contribution is 8.09. The minimum atomic E-state index is -4.19. The smallest absolute Gasteiger partial charge is 0.196 e. The molecule has 7 heteroatoms. The molecule has 2 aromatic carbocycles. The normalized spacial score (nSPS) is 19.8. The molecule has 27 heavy (non-hydrogen) atoms. The first-order valence-corrected chi connectivity index (χ1v) is 11.8. The van der Waals surface area contributed by atoms with Crippen LogP contribution in [0.2, 0.25) is 0 Å². The Morgan fingerprint density at radius 1 is 0.815 bits per heavy atom. The number of ether oxygens (including phenoxy) is 1. The fourth-order valence-electron chi connectivity index (χ4n) is 3.88. The van der Waals surface area contributed by atoms with E-state index in [1.807, 2.05) is 13.8 Å². The lowest BCUT2D eigenvalue weighted by Crippen LogP contribution is -2.47. The predicted octanol–water partition coefficient (Wildman–Crippen LogP) is 3.46. The van der Waals surface area contributed by atoms with Crippen molar-refractivity contribution in [2.24, 2.45) is 5.41 Å². The van der Waals surface area contributed by atoms with Crippen molar-refractivity contribution >= 4 is 19.7 Å². The number of hydrogen-bond acceptors (Lipinski definition) is 5. The average molecular weight is 409 g/mol. The van der Waals surface area contributed by atoms with Crippen LogP contribution >= 0.6 is 0 Å². The summed E-state index contributed by atoms with van der Waals surface area (Å²) in [6.45, 7) is 6.97. The minimum absolute atomic E-state index is 0.0129. The molecule has 0 aromatic heterocycles. The van der Waals surface area contributed by atoms with Crippen LogP contribution in [-0.2, 0) is 24.4 Å². The van der Waals surface area contributed by atoms with Crippen molar-refractivity contribution in [2.75, 3.05) is 0 Å². The number of epoxide rings is 1. The lowest BCUT2D eigenvalue weighted by Gasteiger charge is -2.33. The second-order valence-electron chi connectivity index (χ2n) is 7.97. The zero-order chi connectivity index (χ0) is 20.1. The van der Waals surface area contributed by atoms with Crippen molar-refractivity contribution in [1.29, 1.82) is 0 Å². The quantitative estimate of drug-likeness (QED) is 0.684. The Balaban J connectivity index is 2.23. The van der Waals surface area contributed by atoms with Gasteiger partial charge in [0.2, 0.25) is 0 Å². The van der Waals surface area contributed by atoms with Crippen LogP contribution in [0.15, 0.2) is 70.5 Å². The summed E-state index contributed by atoms with van der Waals surface area (Å²) in [6.07, 6.45) is -0.494. The van der Waals surface area contributed by atoms with Gasteiger partial charge in [0.15, 0.2) is 24.3 Å². The standard InChI is InChI=1S/C20H24O5S2/c1-19(2,17-20(3,4)25-17)18(26(21,22)15-11-7-5-8-12-15)27(23,24)16-13-9-6-10-14-16/h5-14,17-18H,1-4H3. The zero-order valence-corrected chi connectivity index (χ0v) is 17.4.